The molecule has 0 saturated heterocycles. The Kier molecular flexibility index (Phi) is 6.21. The molecule has 3 rings (SSSR count). The van der Waals surface area contributed by atoms with Gasteiger partial charge < -0.3 is 20.1 Å². The van der Waals surface area contributed by atoms with Gasteiger partial charge in [-0.3, -0.25) is 14.3 Å². The van der Waals surface area contributed by atoms with Crippen LogP contribution in [-0.2, 0) is 11.8 Å². The maximum Gasteiger partial charge on any atom is 0.255 e. The zero-order valence-corrected chi connectivity index (χ0v) is 17.1. The first-order valence-electron chi connectivity index (χ1n) is 9.46. The van der Waals surface area contributed by atoms with E-state index < -0.39 is 0 Å². The van der Waals surface area contributed by atoms with Crippen LogP contribution in [-0.4, -0.2) is 35.8 Å². The van der Waals surface area contributed by atoms with E-state index in [1.165, 1.54) is 14.2 Å². The molecule has 2 aromatic rings. The van der Waals surface area contributed by atoms with Crippen LogP contribution >= 0.6 is 0 Å². The Morgan fingerprint density at radius 1 is 1.14 bits per heavy atom. The Balaban J connectivity index is 1.88. The average Bonchev–Trinajstić information content (AvgIpc) is 3.05. The van der Waals surface area contributed by atoms with Crippen LogP contribution in [0.3, 0.4) is 0 Å². The molecule has 154 valence electrons. The number of aromatic nitrogens is 2. The van der Waals surface area contributed by atoms with E-state index in [9.17, 15) is 9.59 Å². The van der Waals surface area contributed by atoms with Gasteiger partial charge in [-0.1, -0.05) is 12.2 Å². The van der Waals surface area contributed by atoms with Crippen LogP contribution in [0.2, 0.25) is 0 Å². The number of allylic oxidation sites excluding steroid dienone is 2. The maximum atomic E-state index is 12.8. The van der Waals surface area contributed by atoms with E-state index in [2.05, 4.69) is 21.8 Å². The number of hydrogen-bond donors (Lipinski definition) is 2. The van der Waals surface area contributed by atoms with Crippen LogP contribution in [0.15, 0.2) is 30.5 Å². The second kappa shape index (κ2) is 8.81. The number of ether oxygens (including phenoxy) is 2. The van der Waals surface area contributed by atoms with Gasteiger partial charge in [0.1, 0.15) is 0 Å². The zero-order valence-electron chi connectivity index (χ0n) is 17.1. The van der Waals surface area contributed by atoms with Crippen LogP contribution in [0, 0.1) is 12.8 Å². The third kappa shape index (κ3) is 4.42. The van der Waals surface area contributed by atoms with Crippen LogP contribution in [0.4, 0.5) is 11.4 Å². The summed E-state index contributed by atoms with van der Waals surface area (Å²) in [6.07, 6.45) is 8.07. The Labute approximate surface area is 169 Å². The molecule has 2 amide bonds. The second-order valence-electron chi connectivity index (χ2n) is 6.95. The summed E-state index contributed by atoms with van der Waals surface area (Å²) in [5, 5.41) is 9.87. The van der Waals surface area contributed by atoms with E-state index in [0.29, 0.717) is 34.9 Å². The van der Waals surface area contributed by atoms with Crippen LogP contribution in [0.1, 0.15) is 35.3 Å². The number of carbonyl (C=O) groups is 2. The summed E-state index contributed by atoms with van der Waals surface area (Å²) in [5.41, 5.74) is 2.19. The third-order valence-electron chi connectivity index (χ3n) is 5.12. The van der Waals surface area contributed by atoms with Crippen LogP contribution in [0.5, 0.6) is 11.5 Å². The van der Waals surface area contributed by atoms with E-state index >= 15 is 0 Å². The number of nitrogens with zero attached hydrogens (tertiary/aromatic N) is 2. The monoisotopic (exact) mass is 398 g/mol. The Hall–Kier alpha value is -3.29. The Bertz CT molecular complexity index is 948. The average molecular weight is 398 g/mol. The van der Waals surface area contributed by atoms with Gasteiger partial charge in [0.15, 0.2) is 11.5 Å². The van der Waals surface area contributed by atoms with Gasteiger partial charge in [-0.2, -0.15) is 5.10 Å². The third-order valence-corrected chi connectivity index (χ3v) is 5.12. The van der Waals surface area contributed by atoms with Gasteiger partial charge in [-0.05, 0) is 38.3 Å². The van der Waals surface area contributed by atoms with E-state index in [1.54, 1.807) is 30.1 Å². The standard InChI is InChI=1S/C21H26N4O4/c1-13-17(12-22-25(13)2)24-21(27)15-10-16(19(29-4)18(11-15)28-3)23-20(26)14-8-6-5-7-9-14/h5-6,10-12,14H,7-9H2,1-4H3,(H,23,26)(H,24,27). The Morgan fingerprint density at radius 3 is 2.52 bits per heavy atom. The van der Waals surface area contributed by atoms with Crippen molar-refractivity contribution in [2.75, 3.05) is 24.9 Å². The molecule has 1 aliphatic rings. The smallest absolute Gasteiger partial charge is 0.255 e. The molecule has 1 atom stereocenters. The molecule has 1 aromatic heterocycles. The van der Waals surface area contributed by atoms with Crippen LogP contribution in [0.25, 0.3) is 0 Å². The highest BCUT2D eigenvalue weighted by atomic mass is 16.5. The lowest BCUT2D eigenvalue weighted by Gasteiger charge is -2.20. The molecule has 8 nitrogen and oxygen atoms in total. The molecule has 0 aliphatic heterocycles. The van der Waals surface area contributed by atoms with Gasteiger partial charge in [0.25, 0.3) is 5.91 Å². The molecule has 0 saturated carbocycles. The number of rotatable bonds is 6. The maximum absolute atomic E-state index is 12.8. The molecule has 1 aliphatic carbocycles. The van der Waals surface area contributed by atoms with Crippen molar-refractivity contribution < 1.29 is 19.1 Å². The summed E-state index contributed by atoms with van der Waals surface area (Å²) in [7, 11) is 4.79. The minimum atomic E-state index is -0.335. The molecule has 1 aromatic carbocycles. The van der Waals surface area contributed by atoms with E-state index in [0.717, 1.165) is 18.5 Å². The van der Waals surface area contributed by atoms with Gasteiger partial charge >= 0.3 is 0 Å². The topological polar surface area (TPSA) is 94.5 Å². The predicted octanol–water partition coefficient (Wildman–Crippen LogP) is 3.29. The van der Waals surface area contributed by atoms with Gasteiger partial charge in [0.2, 0.25) is 5.91 Å². The normalized spacial score (nSPS) is 15.7. The lowest BCUT2D eigenvalue weighted by molar-refractivity contribution is -0.120. The van der Waals surface area contributed by atoms with Crippen molar-refractivity contribution in [2.45, 2.75) is 26.2 Å². The van der Waals surface area contributed by atoms with Crippen molar-refractivity contribution in [3.8, 4) is 11.5 Å². The van der Waals surface area contributed by atoms with Crippen molar-refractivity contribution in [3.63, 3.8) is 0 Å². The molecular weight excluding hydrogens is 372 g/mol. The number of amides is 2. The number of aryl methyl sites for hydroxylation is 1. The SMILES string of the molecule is COc1cc(C(=O)Nc2cnn(C)c2C)cc(NC(=O)C2CC=CCC2)c1OC. The van der Waals surface area contributed by atoms with Crippen molar-refractivity contribution in [2.24, 2.45) is 13.0 Å². The van der Waals surface area contributed by atoms with Crippen molar-refractivity contribution in [1.29, 1.82) is 0 Å². The Morgan fingerprint density at radius 2 is 1.93 bits per heavy atom. The summed E-state index contributed by atoms with van der Waals surface area (Å²) in [5.74, 6) is 0.197. The van der Waals surface area contributed by atoms with E-state index in [-0.39, 0.29) is 17.7 Å². The molecular formula is C21H26N4O4. The number of carbonyl (C=O) groups excluding carboxylic acids is 2. The zero-order chi connectivity index (χ0) is 21.0. The molecule has 1 heterocycles. The highest BCUT2D eigenvalue weighted by Crippen LogP contribution is 2.37. The lowest BCUT2D eigenvalue weighted by atomic mass is 9.93. The quantitative estimate of drug-likeness (QED) is 0.728. The first kappa shape index (κ1) is 20.4. The fourth-order valence-electron chi connectivity index (χ4n) is 3.27. The fraction of sp³-hybridized carbons (Fsp3) is 0.381. The highest BCUT2D eigenvalue weighted by molar-refractivity contribution is 6.06. The molecule has 0 fully saturated rings. The molecule has 0 radical (unpaired) electrons. The summed E-state index contributed by atoms with van der Waals surface area (Å²) in [4.78, 5) is 25.5. The van der Waals surface area contributed by atoms with Crippen molar-refractivity contribution >= 4 is 23.2 Å². The van der Waals surface area contributed by atoms with Gasteiger partial charge in [-0.15, -0.1) is 0 Å². The number of benzene rings is 1. The summed E-state index contributed by atoms with van der Waals surface area (Å²) >= 11 is 0. The largest absolute Gasteiger partial charge is 0.493 e. The predicted molar refractivity (Wildman–Crippen MR) is 111 cm³/mol. The van der Waals surface area contributed by atoms with E-state index in [4.69, 9.17) is 9.47 Å². The minimum absolute atomic E-state index is 0.102. The van der Waals surface area contributed by atoms with Gasteiger partial charge in [0, 0.05) is 18.5 Å². The molecule has 0 bridgehead atoms. The molecule has 0 spiro atoms. The van der Waals surface area contributed by atoms with Crippen molar-refractivity contribution in [3.05, 3.63) is 41.7 Å². The number of anilines is 2. The second-order valence-corrected chi connectivity index (χ2v) is 6.95. The molecule has 1 unspecified atom stereocenters. The number of nitrogens with one attached hydrogen (secondary N) is 2. The first-order chi connectivity index (χ1) is 13.9. The van der Waals surface area contributed by atoms with Gasteiger partial charge in [-0.25, -0.2) is 0 Å². The minimum Gasteiger partial charge on any atom is -0.493 e. The first-order valence-corrected chi connectivity index (χ1v) is 9.46. The fourth-order valence-corrected chi connectivity index (χ4v) is 3.27. The molecule has 2 N–H and O–H groups in total. The van der Waals surface area contributed by atoms with E-state index in [1.807, 2.05) is 13.0 Å². The summed E-state index contributed by atoms with van der Waals surface area (Å²) in [6.45, 7) is 1.86. The lowest BCUT2D eigenvalue weighted by Crippen LogP contribution is -2.24. The summed E-state index contributed by atoms with van der Waals surface area (Å²) < 4.78 is 12.5. The number of methoxy groups -OCH3 is 2. The highest BCUT2D eigenvalue weighted by Gasteiger charge is 2.23. The van der Waals surface area contributed by atoms with Gasteiger partial charge in [0.05, 0.1) is 37.5 Å². The molecule has 29 heavy (non-hydrogen) atoms. The number of hydrogen-bond acceptors (Lipinski definition) is 5. The summed E-state index contributed by atoms with van der Waals surface area (Å²) in [6, 6.07) is 3.18. The molecule has 8 heteroatoms. The van der Waals surface area contributed by atoms with Crippen molar-refractivity contribution in [1.82, 2.24) is 9.78 Å². The van der Waals surface area contributed by atoms with Crippen LogP contribution < -0.4 is 20.1 Å².